The van der Waals surface area contributed by atoms with Gasteiger partial charge in [-0.2, -0.15) is 4.68 Å². The molecule has 0 aliphatic heterocycles. The van der Waals surface area contributed by atoms with Crippen LogP contribution in [0.4, 0.5) is 0 Å². The van der Waals surface area contributed by atoms with Crippen molar-refractivity contribution in [1.82, 2.24) is 35.1 Å². The molecule has 0 fully saturated rings. The smallest absolute Gasteiger partial charge is 0.254 e. The molecule has 0 saturated heterocycles. The molecule has 160 valence electrons. The molecule has 9 heteroatoms. The van der Waals surface area contributed by atoms with Crippen LogP contribution < -0.4 is 5.32 Å². The molecular weight excluding hydrogens is 458 g/mol. The average molecular weight is 482 g/mol. The fourth-order valence-corrected chi connectivity index (χ4v) is 4.10. The Kier molecular flexibility index (Phi) is 5.86. The van der Waals surface area contributed by atoms with E-state index >= 15 is 0 Å². The van der Waals surface area contributed by atoms with Crippen LogP contribution >= 0.6 is 15.9 Å². The molecule has 0 spiro atoms. The lowest BCUT2D eigenvalue weighted by Crippen LogP contribution is -2.34. The van der Waals surface area contributed by atoms with Crippen molar-refractivity contribution >= 4 is 32.9 Å². The summed E-state index contributed by atoms with van der Waals surface area (Å²) in [5, 5.41) is 14.5. The molecule has 8 nitrogen and oxygen atoms in total. The first-order valence-electron chi connectivity index (χ1n) is 10.2. The molecule has 1 unspecified atom stereocenters. The lowest BCUT2D eigenvalue weighted by molar-refractivity contribution is 0.0921. The maximum absolute atomic E-state index is 13.4. The summed E-state index contributed by atoms with van der Waals surface area (Å²) < 4.78 is 4.48. The zero-order valence-corrected chi connectivity index (χ0v) is 19.4. The van der Waals surface area contributed by atoms with Crippen LogP contribution in [0.5, 0.6) is 0 Å². The Labute approximate surface area is 188 Å². The van der Waals surface area contributed by atoms with Crippen LogP contribution in [0.1, 0.15) is 56.0 Å². The maximum atomic E-state index is 13.4. The van der Waals surface area contributed by atoms with E-state index < -0.39 is 0 Å². The number of benzene rings is 2. The van der Waals surface area contributed by atoms with E-state index in [2.05, 4.69) is 75.1 Å². The number of nitrogens with zero attached hydrogens (tertiary/aromatic N) is 6. The van der Waals surface area contributed by atoms with Crippen LogP contribution in [0, 0.1) is 5.92 Å². The third-order valence-electron chi connectivity index (χ3n) is 5.17. The second kappa shape index (κ2) is 8.58. The minimum Gasteiger partial charge on any atom is -0.342 e. The van der Waals surface area contributed by atoms with Crippen molar-refractivity contribution in [2.45, 2.75) is 39.8 Å². The van der Waals surface area contributed by atoms with Gasteiger partial charge < -0.3 is 9.88 Å². The Morgan fingerprint density at radius 2 is 1.87 bits per heavy atom. The molecule has 0 radical (unpaired) electrons. The van der Waals surface area contributed by atoms with Crippen molar-refractivity contribution in [2.75, 3.05) is 0 Å². The zero-order chi connectivity index (χ0) is 22.1. The highest BCUT2D eigenvalue weighted by Gasteiger charge is 2.27. The predicted molar refractivity (Wildman–Crippen MR) is 122 cm³/mol. The second-order valence-electron chi connectivity index (χ2n) is 8.03. The van der Waals surface area contributed by atoms with Crippen molar-refractivity contribution in [3.05, 3.63) is 64.7 Å². The predicted octanol–water partition coefficient (Wildman–Crippen LogP) is 4.48. The molecule has 2 aromatic carbocycles. The summed E-state index contributed by atoms with van der Waals surface area (Å²) in [5.74, 6) is 0.758. The monoisotopic (exact) mass is 481 g/mol. The third-order valence-corrected chi connectivity index (χ3v) is 5.66. The summed E-state index contributed by atoms with van der Waals surface area (Å²) in [4.78, 5) is 18.3. The van der Waals surface area contributed by atoms with E-state index in [1.54, 1.807) is 6.07 Å². The quantitative estimate of drug-likeness (QED) is 0.438. The number of tetrazole rings is 1. The van der Waals surface area contributed by atoms with E-state index in [0.29, 0.717) is 11.3 Å². The molecule has 31 heavy (non-hydrogen) atoms. The summed E-state index contributed by atoms with van der Waals surface area (Å²) >= 11 is 3.46. The molecule has 0 saturated carbocycles. The van der Waals surface area contributed by atoms with Crippen LogP contribution in [0.3, 0.4) is 0 Å². The van der Waals surface area contributed by atoms with Crippen LogP contribution in [-0.2, 0) is 0 Å². The summed E-state index contributed by atoms with van der Waals surface area (Å²) in [6.07, 6.45) is 1.47. The van der Waals surface area contributed by atoms with E-state index in [0.717, 1.165) is 21.3 Å². The normalized spacial score (nSPS) is 12.6. The van der Waals surface area contributed by atoms with Crippen molar-refractivity contribution in [3.8, 4) is 5.69 Å². The first kappa shape index (κ1) is 21.2. The van der Waals surface area contributed by atoms with Gasteiger partial charge in [0.05, 0.1) is 28.3 Å². The Hall–Kier alpha value is -3.07. The van der Waals surface area contributed by atoms with E-state index in [4.69, 9.17) is 4.98 Å². The van der Waals surface area contributed by atoms with E-state index in [1.165, 1.54) is 11.0 Å². The van der Waals surface area contributed by atoms with E-state index in [9.17, 15) is 4.79 Å². The molecule has 4 rings (SSSR count). The molecule has 1 N–H and O–H groups in total. The maximum Gasteiger partial charge on any atom is 0.254 e. The van der Waals surface area contributed by atoms with Crippen molar-refractivity contribution in [3.63, 3.8) is 0 Å². The highest BCUT2D eigenvalue weighted by atomic mass is 79.9. The molecular formula is C22H24BrN7O. The topological polar surface area (TPSA) is 90.5 Å². The number of rotatable bonds is 6. The highest BCUT2D eigenvalue weighted by molar-refractivity contribution is 9.10. The number of amides is 1. The van der Waals surface area contributed by atoms with Gasteiger partial charge in [0.25, 0.3) is 5.91 Å². The molecule has 2 heterocycles. The number of fused-ring (bicyclic) bond motifs is 1. The summed E-state index contributed by atoms with van der Waals surface area (Å²) in [7, 11) is 0. The first-order valence-corrected chi connectivity index (χ1v) is 11.0. The Morgan fingerprint density at radius 3 is 2.55 bits per heavy atom. The van der Waals surface area contributed by atoms with Crippen molar-refractivity contribution in [2.24, 2.45) is 5.92 Å². The Bertz CT molecular complexity index is 1210. The molecule has 0 aliphatic rings. The second-order valence-corrected chi connectivity index (χ2v) is 8.95. The number of imidazole rings is 1. The number of carbonyl (C=O) groups excluding carboxylic acids is 1. The van der Waals surface area contributed by atoms with Crippen LogP contribution in [-0.4, -0.2) is 35.7 Å². The van der Waals surface area contributed by atoms with Gasteiger partial charge in [-0.05, 0) is 60.5 Å². The summed E-state index contributed by atoms with van der Waals surface area (Å²) in [6, 6.07) is 13.4. The number of hydrogen-bond acceptors (Lipinski definition) is 5. The lowest BCUT2D eigenvalue weighted by atomic mass is 10.0. The fourth-order valence-electron chi connectivity index (χ4n) is 3.74. The van der Waals surface area contributed by atoms with Gasteiger partial charge in [-0.3, -0.25) is 4.79 Å². The SMILES string of the molecule is CC(C)C(NC(=O)c1cc(Br)ccc1-n1cnnn1)c1nc2ccccc2n1C(C)C. The minimum atomic E-state index is -0.275. The molecule has 1 atom stereocenters. The first-order chi connectivity index (χ1) is 14.9. The molecule has 0 bridgehead atoms. The highest BCUT2D eigenvalue weighted by Crippen LogP contribution is 2.29. The number of para-hydroxylation sites is 2. The van der Waals surface area contributed by atoms with E-state index in [1.807, 2.05) is 30.3 Å². The average Bonchev–Trinajstić information content (AvgIpc) is 3.39. The third kappa shape index (κ3) is 4.10. The van der Waals surface area contributed by atoms with Crippen LogP contribution in [0.15, 0.2) is 53.3 Å². The van der Waals surface area contributed by atoms with Gasteiger partial charge in [-0.15, -0.1) is 5.10 Å². The number of carbonyl (C=O) groups is 1. The zero-order valence-electron chi connectivity index (χ0n) is 17.8. The Morgan fingerprint density at radius 1 is 1.10 bits per heavy atom. The fraction of sp³-hybridized carbons (Fsp3) is 0.318. The van der Waals surface area contributed by atoms with Crippen molar-refractivity contribution < 1.29 is 4.79 Å². The molecule has 4 aromatic rings. The number of halogens is 1. The van der Waals surface area contributed by atoms with Gasteiger partial charge in [0.2, 0.25) is 0 Å². The van der Waals surface area contributed by atoms with Gasteiger partial charge in [-0.25, -0.2) is 4.98 Å². The van der Waals surface area contributed by atoms with Gasteiger partial charge in [0, 0.05) is 10.5 Å². The Balaban J connectivity index is 1.76. The van der Waals surface area contributed by atoms with E-state index in [-0.39, 0.29) is 23.9 Å². The number of nitrogens with one attached hydrogen (secondary N) is 1. The lowest BCUT2D eigenvalue weighted by Gasteiger charge is -2.25. The van der Waals surface area contributed by atoms with Crippen LogP contribution in [0.25, 0.3) is 16.7 Å². The van der Waals surface area contributed by atoms with Gasteiger partial charge in [-0.1, -0.05) is 41.9 Å². The minimum absolute atomic E-state index is 0.127. The van der Waals surface area contributed by atoms with Crippen molar-refractivity contribution in [1.29, 1.82) is 0 Å². The van der Waals surface area contributed by atoms with Gasteiger partial charge in [0.15, 0.2) is 0 Å². The standard InChI is InChI=1S/C22H24BrN7O/c1-13(2)20(21-25-17-7-5-6-8-19(17)30(21)14(3)4)26-22(31)16-11-15(23)9-10-18(16)29-12-24-27-28-29/h5-14,20H,1-4H3,(H,26,31). The van der Waals surface area contributed by atoms with Crippen LogP contribution in [0.2, 0.25) is 0 Å². The molecule has 1 amide bonds. The molecule has 2 aromatic heterocycles. The number of hydrogen-bond donors (Lipinski definition) is 1. The van der Waals surface area contributed by atoms with Gasteiger partial charge in [0.1, 0.15) is 12.2 Å². The van der Waals surface area contributed by atoms with Gasteiger partial charge >= 0.3 is 0 Å². The summed E-state index contributed by atoms with van der Waals surface area (Å²) in [5.41, 5.74) is 3.05. The summed E-state index contributed by atoms with van der Waals surface area (Å²) in [6.45, 7) is 8.41. The largest absolute Gasteiger partial charge is 0.342 e. The number of aromatic nitrogens is 6. The molecule has 0 aliphatic carbocycles.